The fraction of sp³-hybridized carbons (Fsp3) is 0.417. The topological polar surface area (TPSA) is 82.1 Å². The highest BCUT2D eigenvalue weighted by Gasteiger charge is 2.25. The highest BCUT2D eigenvalue weighted by Crippen LogP contribution is 2.18. The summed E-state index contributed by atoms with van der Waals surface area (Å²) >= 11 is 0. The van der Waals surface area contributed by atoms with E-state index in [1.165, 1.54) is 6.20 Å². The molecule has 3 rings (SSSR count). The van der Waals surface area contributed by atoms with E-state index in [1.807, 2.05) is 6.92 Å². The highest BCUT2D eigenvalue weighted by atomic mass is 16.3. The fourth-order valence-electron chi connectivity index (χ4n) is 2.25. The molecule has 1 aliphatic heterocycles. The minimum atomic E-state index is -0.402. The number of fused-ring (bicyclic) bond motifs is 1. The van der Waals surface area contributed by atoms with Gasteiger partial charge >= 0.3 is 0 Å². The number of aliphatic hydroxyl groups is 1. The van der Waals surface area contributed by atoms with Crippen LogP contribution in [0.25, 0.3) is 11.0 Å². The van der Waals surface area contributed by atoms with Crippen molar-refractivity contribution in [3.8, 4) is 0 Å². The van der Waals surface area contributed by atoms with E-state index in [4.69, 9.17) is 0 Å². The Labute approximate surface area is 104 Å². The lowest BCUT2D eigenvalue weighted by atomic mass is 10.2. The first-order valence-corrected chi connectivity index (χ1v) is 5.93. The smallest absolute Gasteiger partial charge is 0.255 e. The van der Waals surface area contributed by atoms with Gasteiger partial charge in [0, 0.05) is 30.4 Å². The molecule has 1 fully saturated rings. The van der Waals surface area contributed by atoms with Crippen molar-refractivity contribution in [1.82, 2.24) is 20.1 Å². The number of aryl methyl sites for hydroxylation is 1. The third-order valence-corrected chi connectivity index (χ3v) is 3.30. The molecule has 94 valence electrons. The van der Waals surface area contributed by atoms with Crippen LogP contribution < -0.4 is 0 Å². The number of aliphatic hydroxyl groups excluding tert-OH is 1. The lowest BCUT2D eigenvalue weighted by molar-refractivity contribution is 0.0765. The van der Waals surface area contributed by atoms with E-state index >= 15 is 0 Å². The van der Waals surface area contributed by atoms with Gasteiger partial charge < -0.3 is 10.0 Å². The van der Waals surface area contributed by atoms with E-state index in [9.17, 15) is 9.90 Å². The van der Waals surface area contributed by atoms with Crippen LogP contribution in [0.5, 0.6) is 0 Å². The van der Waals surface area contributed by atoms with Gasteiger partial charge in [-0.3, -0.25) is 9.89 Å². The molecule has 0 saturated carbocycles. The van der Waals surface area contributed by atoms with Gasteiger partial charge in [0.05, 0.1) is 11.7 Å². The zero-order valence-electron chi connectivity index (χ0n) is 10.1. The van der Waals surface area contributed by atoms with Gasteiger partial charge in [-0.05, 0) is 19.4 Å². The minimum Gasteiger partial charge on any atom is -0.391 e. The molecule has 6 heteroatoms. The van der Waals surface area contributed by atoms with Crippen LogP contribution >= 0.6 is 0 Å². The van der Waals surface area contributed by atoms with Gasteiger partial charge in [0.25, 0.3) is 5.91 Å². The normalized spacial score (nSPS) is 19.7. The van der Waals surface area contributed by atoms with Crippen molar-refractivity contribution >= 4 is 16.9 Å². The van der Waals surface area contributed by atoms with E-state index in [1.54, 1.807) is 11.0 Å². The van der Waals surface area contributed by atoms with Gasteiger partial charge in [-0.1, -0.05) is 0 Å². The van der Waals surface area contributed by atoms with E-state index in [0.717, 1.165) is 11.1 Å². The maximum atomic E-state index is 12.2. The van der Waals surface area contributed by atoms with Crippen molar-refractivity contribution in [3.05, 3.63) is 23.5 Å². The first-order valence-electron chi connectivity index (χ1n) is 5.93. The van der Waals surface area contributed by atoms with Gasteiger partial charge in [0.2, 0.25) is 0 Å². The van der Waals surface area contributed by atoms with Crippen molar-refractivity contribution in [2.75, 3.05) is 13.1 Å². The summed E-state index contributed by atoms with van der Waals surface area (Å²) in [6.07, 6.45) is 1.78. The van der Waals surface area contributed by atoms with Crippen molar-refractivity contribution in [1.29, 1.82) is 0 Å². The van der Waals surface area contributed by atoms with E-state index in [-0.39, 0.29) is 5.91 Å². The Bertz CT molecular complexity index is 607. The zero-order valence-corrected chi connectivity index (χ0v) is 10.1. The van der Waals surface area contributed by atoms with Crippen molar-refractivity contribution < 1.29 is 9.90 Å². The average Bonchev–Trinajstić information content (AvgIpc) is 2.95. The molecule has 6 nitrogen and oxygen atoms in total. The van der Waals surface area contributed by atoms with Crippen LogP contribution in [0.15, 0.2) is 12.3 Å². The number of carbonyl (C=O) groups is 1. The fourth-order valence-corrected chi connectivity index (χ4v) is 2.25. The van der Waals surface area contributed by atoms with E-state index < -0.39 is 6.10 Å². The molecule has 1 amide bonds. The molecule has 18 heavy (non-hydrogen) atoms. The summed E-state index contributed by atoms with van der Waals surface area (Å²) in [5, 5.41) is 17.2. The summed E-state index contributed by atoms with van der Waals surface area (Å²) in [7, 11) is 0. The second-order valence-electron chi connectivity index (χ2n) is 4.64. The zero-order chi connectivity index (χ0) is 12.7. The molecule has 0 bridgehead atoms. The summed E-state index contributed by atoms with van der Waals surface area (Å²) in [4.78, 5) is 18.0. The molecule has 0 spiro atoms. The number of hydrogen-bond donors (Lipinski definition) is 2. The number of hydrogen-bond acceptors (Lipinski definition) is 4. The number of pyridine rings is 1. The number of nitrogens with one attached hydrogen (secondary N) is 1. The molecular weight excluding hydrogens is 232 g/mol. The number of nitrogens with zero attached hydrogens (tertiary/aromatic N) is 3. The van der Waals surface area contributed by atoms with Gasteiger partial charge in [-0.2, -0.15) is 5.10 Å². The van der Waals surface area contributed by atoms with Crippen LogP contribution in [0.2, 0.25) is 0 Å². The monoisotopic (exact) mass is 246 g/mol. The number of rotatable bonds is 1. The second kappa shape index (κ2) is 4.06. The molecule has 2 aromatic heterocycles. The highest BCUT2D eigenvalue weighted by molar-refractivity contribution is 5.97. The molecule has 0 unspecified atom stereocenters. The molecule has 0 aliphatic carbocycles. The molecule has 0 aromatic carbocycles. The first kappa shape index (κ1) is 11.2. The number of aromatic amines is 1. The molecule has 2 N–H and O–H groups in total. The molecule has 3 heterocycles. The van der Waals surface area contributed by atoms with E-state index in [0.29, 0.717) is 30.7 Å². The summed E-state index contributed by atoms with van der Waals surface area (Å²) in [5.41, 5.74) is 2.06. The Morgan fingerprint density at radius 2 is 2.44 bits per heavy atom. The Balaban J connectivity index is 1.94. The Morgan fingerprint density at radius 1 is 1.61 bits per heavy atom. The third-order valence-electron chi connectivity index (χ3n) is 3.30. The lowest BCUT2D eigenvalue weighted by Crippen LogP contribution is -2.29. The van der Waals surface area contributed by atoms with Crippen LogP contribution in [-0.2, 0) is 0 Å². The average molecular weight is 246 g/mol. The van der Waals surface area contributed by atoms with Crippen molar-refractivity contribution in [3.63, 3.8) is 0 Å². The lowest BCUT2D eigenvalue weighted by Gasteiger charge is -2.15. The van der Waals surface area contributed by atoms with Gasteiger partial charge in [-0.25, -0.2) is 4.98 Å². The summed E-state index contributed by atoms with van der Waals surface area (Å²) in [6, 6.07) is 1.80. The second-order valence-corrected chi connectivity index (χ2v) is 4.64. The van der Waals surface area contributed by atoms with Crippen LogP contribution in [0.3, 0.4) is 0 Å². The molecule has 0 radical (unpaired) electrons. The maximum Gasteiger partial charge on any atom is 0.255 e. The quantitative estimate of drug-likeness (QED) is 0.766. The SMILES string of the molecule is Cc1[nH]nc2ncc(C(=O)N3CC[C@@H](O)C3)cc12. The van der Waals surface area contributed by atoms with Gasteiger partial charge in [0.1, 0.15) is 0 Å². The van der Waals surface area contributed by atoms with Crippen LogP contribution in [-0.4, -0.2) is 50.3 Å². The molecule has 2 aromatic rings. The standard InChI is InChI=1S/C12H14N4O2/c1-7-10-4-8(5-13-11(10)15-14-7)12(18)16-3-2-9(17)6-16/h4-5,9,17H,2-3,6H2,1H3,(H,13,14,15)/t9-/m1/s1. The number of carbonyl (C=O) groups excluding carboxylic acids is 1. The predicted molar refractivity (Wildman–Crippen MR) is 65.2 cm³/mol. The van der Waals surface area contributed by atoms with Gasteiger partial charge in [-0.15, -0.1) is 0 Å². The summed E-state index contributed by atoms with van der Waals surface area (Å²) in [5.74, 6) is -0.0819. The van der Waals surface area contributed by atoms with Gasteiger partial charge in [0.15, 0.2) is 5.65 Å². The Hall–Kier alpha value is -1.95. The number of likely N-dealkylation sites (tertiary alicyclic amines) is 1. The minimum absolute atomic E-state index is 0.0819. The van der Waals surface area contributed by atoms with E-state index in [2.05, 4.69) is 15.2 Å². The first-order chi connectivity index (χ1) is 8.65. The predicted octanol–water partition coefficient (Wildman–Crippen LogP) is 0.473. The summed E-state index contributed by atoms with van der Waals surface area (Å²) < 4.78 is 0. The Kier molecular flexibility index (Phi) is 2.52. The van der Waals surface area contributed by atoms with Crippen molar-refractivity contribution in [2.24, 2.45) is 0 Å². The number of aromatic nitrogens is 3. The number of H-pyrrole nitrogens is 1. The Morgan fingerprint density at radius 3 is 3.17 bits per heavy atom. The third kappa shape index (κ3) is 1.74. The van der Waals surface area contributed by atoms with Crippen LogP contribution in [0.4, 0.5) is 0 Å². The van der Waals surface area contributed by atoms with Crippen LogP contribution in [0, 0.1) is 6.92 Å². The van der Waals surface area contributed by atoms with Crippen molar-refractivity contribution in [2.45, 2.75) is 19.4 Å². The van der Waals surface area contributed by atoms with Crippen LogP contribution in [0.1, 0.15) is 22.5 Å². The maximum absolute atomic E-state index is 12.2. The molecule has 1 aliphatic rings. The molecule has 1 saturated heterocycles. The number of amides is 1. The largest absolute Gasteiger partial charge is 0.391 e. The number of β-amino-alcohol motifs (C(OH)–C–C–N with tert-alkyl or cyclic N) is 1. The molecular formula is C12H14N4O2. The summed E-state index contributed by atoms with van der Waals surface area (Å²) in [6.45, 7) is 2.90. The molecule has 1 atom stereocenters.